The predicted molar refractivity (Wildman–Crippen MR) is 71.0 cm³/mol. The summed E-state index contributed by atoms with van der Waals surface area (Å²) in [5, 5.41) is 0. The highest BCUT2D eigenvalue weighted by molar-refractivity contribution is 5.79. The summed E-state index contributed by atoms with van der Waals surface area (Å²) in [6.07, 6.45) is 7.93. The van der Waals surface area contributed by atoms with Crippen molar-refractivity contribution in [3.63, 3.8) is 0 Å². The van der Waals surface area contributed by atoms with E-state index < -0.39 is 0 Å². The molecule has 2 aliphatic carbocycles. The molecule has 1 saturated carbocycles. The molecule has 2 fully saturated rings. The molecule has 100 valence electrons. The minimum atomic E-state index is -0.196. The van der Waals surface area contributed by atoms with Gasteiger partial charge in [0.1, 0.15) is 0 Å². The van der Waals surface area contributed by atoms with Gasteiger partial charge in [0.15, 0.2) is 0 Å². The number of allylic oxidation sites excluding steroid dienone is 2. The fourth-order valence-electron chi connectivity index (χ4n) is 4.96. The van der Waals surface area contributed by atoms with Crippen molar-refractivity contribution in [2.75, 3.05) is 6.61 Å². The van der Waals surface area contributed by atoms with Crippen LogP contribution in [0.15, 0.2) is 11.6 Å². The van der Waals surface area contributed by atoms with E-state index in [4.69, 9.17) is 4.74 Å². The lowest BCUT2D eigenvalue weighted by atomic mass is 9.47. The monoisotopic (exact) mass is 248 g/mol. The molecule has 1 heterocycles. The second-order valence-corrected chi connectivity index (χ2v) is 7.10. The minimum absolute atomic E-state index is 0.101. The van der Waals surface area contributed by atoms with Gasteiger partial charge in [-0.3, -0.25) is 4.79 Å². The molecular weight excluding hydrogens is 224 g/mol. The summed E-state index contributed by atoms with van der Waals surface area (Å²) in [5.74, 6) is 1.02. The van der Waals surface area contributed by atoms with Gasteiger partial charge in [-0.1, -0.05) is 31.9 Å². The lowest BCUT2D eigenvalue weighted by Crippen LogP contribution is -2.57. The first-order valence-electron chi connectivity index (χ1n) is 7.32. The topological polar surface area (TPSA) is 26.3 Å². The molecule has 1 aliphatic heterocycles. The molecule has 0 radical (unpaired) electrons. The van der Waals surface area contributed by atoms with Crippen molar-refractivity contribution in [2.45, 2.75) is 52.9 Å². The average molecular weight is 248 g/mol. The molecule has 0 N–H and O–H groups in total. The normalized spacial score (nSPS) is 42.4. The largest absolute Gasteiger partial charge is 0.465 e. The Hall–Kier alpha value is -0.790. The third-order valence-electron chi connectivity index (χ3n) is 5.84. The number of ether oxygens (including phenoxy) is 1. The Morgan fingerprint density at radius 3 is 2.89 bits per heavy atom. The lowest BCUT2D eigenvalue weighted by molar-refractivity contribution is -0.185. The highest BCUT2D eigenvalue weighted by Crippen LogP contribution is 2.62. The zero-order chi connectivity index (χ0) is 13.0. The van der Waals surface area contributed by atoms with Crippen LogP contribution in [0.5, 0.6) is 0 Å². The predicted octanol–water partition coefficient (Wildman–Crippen LogP) is 3.71. The molecule has 0 bridgehead atoms. The Labute approximate surface area is 110 Å². The van der Waals surface area contributed by atoms with Crippen LogP contribution in [0, 0.1) is 22.7 Å². The van der Waals surface area contributed by atoms with Crippen LogP contribution < -0.4 is 0 Å². The van der Waals surface area contributed by atoms with E-state index >= 15 is 0 Å². The smallest absolute Gasteiger partial charge is 0.312 e. The number of hydrogen-bond donors (Lipinski definition) is 0. The van der Waals surface area contributed by atoms with Gasteiger partial charge in [-0.25, -0.2) is 0 Å². The van der Waals surface area contributed by atoms with Gasteiger partial charge in [0.05, 0.1) is 12.0 Å². The van der Waals surface area contributed by atoms with Crippen molar-refractivity contribution >= 4 is 5.97 Å². The summed E-state index contributed by atoms with van der Waals surface area (Å²) in [6, 6.07) is 0. The highest BCUT2D eigenvalue weighted by atomic mass is 16.5. The van der Waals surface area contributed by atoms with E-state index in [-0.39, 0.29) is 16.8 Å². The first-order chi connectivity index (χ1) is 8.48. The number of carbonyl (C=O) groups is 1. The fraction of sp³-hybridized carbons (Fsp3) is 0.812. The van der Waals surface area contributed by atoms with Gasteiger partial charge in [0.2, 0.25) is 0 Å². The van der Waals surface area contributed by atoms with E-state index in [1.807, 2.05) is 0 Å². The second-order valence-electron chi connectivity index (χ2n) is 7.10. The van der Waals surface area contributed by atoms with E-state index in [1.165, 1.54) is 18.4 Å². The Morgan fingerprint density at radius 1 is 1.33 bits per heavy atom. The van der Waals surface area contributed by atoms with E-state index in [2.05, 4.69) is 26.8 Å². The maximum Gasteiger partial charge on any atom is 0.312 e. The van der Waals surface area contributed by atoms with Crippen LogP contribution in [0.1, 0.15) is 52.9 Å². The molecule has 2 nitrogen and oxygen atoms in total. The van der Waals surface area contributed by atoms with Gasteiger partial charge in [0.25, 0.3) is 0 Å². The molecule has 3 rings (SSSR count). The third kappa shape index (κ3) is 1.44. The Morgan fingerprint density at radius 2 is 2.11 bits per heavy atom. The van der Waals surface area contributed by atoms with Gasteiger partial charge in [-0.2, -0.15) is 0 Å². The number of carbonyl (C=O) groups excluding carboxylic acids is 1. The average Bonchev–Trinajstić information content (AvgIpc) is 2.30. The number of esters is 1. The molecule has 3 aliphatic rings. The van der Waals surface area contributed by atoms with E-state index in [9.17, 15) is 4.79 Å². The van der Waals surface area contributed by atoms with Crippen LogP contribution in [0.25, 0.3) is 0 Å². The summed E-state index contributed by atoms with van der Waals surface area (Å²) in [6.45, 7) is 7.50. The van der Waals surface area contributed by atoms with Gasteiger partial charge >= 0.3 is 5.97 Å². The molecule has 2 heteroatoms. The van der Waals surface area contributed by atoms with Crippen molar-refractivity contribution in [1.82, 2.24) is 0 Å². The van der Waals surface area contributed by atoms with Crippen LogP contribution in [0.3, 0.4) is 0 Å². The van der Waals surface area contributed by atoms with Gasteiger partial charge in [-0.15, -0.1) is 0 Å². The number of cyclic esters (lactones) is 1. The van der Waals surface area contributed by atoms with Crippen LogP contribution >= 0.6 is 0 Å². The van der Waals surface area contributed by atoms with Crippen LogP contribution in [-0.2, 0) is 9.53 Å². The second kappa shape index (κ2) is 3.85. The fourth-order valence-corrected chi connectivity index (χ4v) is 4.96. The summed E-state index contributed by atoms with van der Waals surface area (Å²) >= 11 is 0. The SMILES string of the molecule is CC1=CC[C@H]2C(C)(C)CCC[C@@]23C(=O)OCC[C@@H]13. The molecule has 0 unspecified atom stereocenters. The molecular formula is C16H24O2. The maximum atomic E-state index is 12.6. The molecule has 0 aromatic carbocycles. The number of hydrogen-bond acceptors (Lipinski definition) is 2. The molecule has 0 aromatic heterocycles. The zero-order valence-electron chi connectivity index (χ0n) is 11.8. The van der Waals surface area contributed by atoms with Crippen molar-refractivity contribution < 1.29 is 9.53 Å². The summed E-state index contributed by atoms with van der Waals surface area (Å²) in [4.78, 5) is 12.6. The zero-order valence-corrected chi connectivity index (χ0v) is 11.8. The lowest BCUT2D eigenvalue weighted by Gasteiger charge is -2.57. The van der Waals surface area contributed by atoms with Crippen molar-refractivity contribution in [2.24, 2.45) is 22.7 Å². The summed E-state index contributed by atoms with van der Waals surface area (Å²) < 4.78 is 5.48. The molecule has 1 saturated heterocycles. The maximum absolute atomic E-state index is 12.6. The third-order valence-corrected chi connectivity index (χ3v) is 5.84. The standard InChI is InChI=1S/C16H24O2/c1-11-5-6-13-15(2,3)8-4-9-16(13)12(11)7-10-18-14(16)17/h5,12-13H,4,6-10H2,1-3H3/t12-,13-,16-/m0/s1. The Balaban J connectivity index is 2.11. The van der Waals surface area contributed by atoms with Crippen LogP contribution in [-0.4, -0.2) is 12.6 Å². The van der Waals surface area contributed by atoms with Crippen LogP contribution in [0.4, 0.5) is 0 Å². The van der Waals surface area contributed by atoms with Gasteiger partial charge in [-0.05, 0) is 49.9 Å². The first kappa shape index (κ1) is 12.3. The summed E-state index contributed by atoms with van der Waals surface area (Å²) in [5.41, 5.74) is 1.50. The van der Waals surface area contributed by atoms with Crippen molar-refractivity contribution in [1.29, 1.82) is 0 Å². The van der Waals surface area contributed by atoms with Crippen LogP contribution in [0.2, 0.25) is 0 Å². The van der Waals surface area contributed by atoms with Crippen molar-refractivity contribution in [3.8, 4) is 0 Å². The summed E-state index contributed by atoms with van der Waals surface area (Å²) in [7, 11) is 0. The van der Waals surface area contributed by atoms with E-state index in [0.717, 1.165) is 19.3 Å². The first-order valence-corrected chi connectivity index (χ1v) is 7.32. The molecule has 0 aromatic rings. The van der Waals surface area contributed by atoms with Gasteiger partial charge < -0.3 is 4.74 Å². The van der Waals surface area contributed by atoms with E-state index in [0.29, 0.717) is 18.4 Å². The molecule has 0 amide bonds. The quantitative estimate of drug-likeness (QED) is 0.482. The number of rotatable bonds is 0. The van der Waals surface area contributed by atoms with Crippen molar-refractivity contribution in [3.05, 3.63) is 11.6 Å². The Bertz CT molecular complexity index is 407. The molecule has 3 atom stereocenters. The highest BCUT2D eigenvalue weighted by Gasteiger charge is 2.61. The van der Waals surface area contributed by atoms with Gasteiger partial charge in [0, 0.05) is 0 Å². The Kier molecular flexibility index (Phi) is 2.62. The van der Waals surface area contributed by atoms with E-state index in [1.54, 1.807) is 0 Å². The minimum Gasteiger partial charge on any atom is -0.465 e. The molecule has 18 heavy (non-hydrogen) atoms. The molecule has 1 spiro atoms.